The monoisotopic (exact) mass is 295 g/mol. The second-order valence-corrected chi connectivity index (χ2v) is 4.45. The molecule has 5 nitrogen and oxygen atoms in total. The second kappa shape index (κ2) is 6.29. The van der Waals surface area contributed by atoms with Gasteiger partial charge < -0.3 is 5.32 Å². The molecule has 1 heterocycles. The molecule has 20 heavy (non-hydrogen) atoms. The van der Waals surface area contributed by atoms with Gasteiger partial charge in [0.25, 0.3) is 0 Å². The van der Waals surface area contributed by atoms with E-state index in [2.05, 4.69) is 10.3 Å². The molecule has 0 unspecified atom stereocenters. The van der Waals surface area contributed by atoms with Crippen LogP contribution >= 0.6 is 11.6 Å². The lowest BCUT2D eigenvalue weighted by atomic mass is 10.1. The van der Waals surface area contributed by atoms with Gasteiger partial charge >= 0.3 is 5.69 Å². The molecule has 0 saturated heterocycles. The number of pyridine rings is 1. The molecule has 1 aromatic heterocycles. The van der Waals surface area contributed by atoms with Crippen LogP contribution in [0.4, 0.5) is 15.9 Å². The van der Waals surface area contributed by atoms with Gasteiger partial charge in [-0.25, -0.2) is 9.37 Å². The largest absolute Gasteiger partial charge is 0.364 e. The molecule has 0 spiro atoms. The summed E-state index contributed by atoms with van der Waals surface area (Å²) >= 11 is 5.72. The van der Waals surface area contributed by atoms with E-state index in [0.717, 1.165) is 5.56 Å². The molecule has 2 aromatic rings. The molecule has 0 amide bonds. The normalized spacial score (nSPS) is 10.3. The maximum Gasteiger partial charge on any atom is 0.311 e. The number of halogens is 2. The smallest absolute Gasteiger partial charge is 0.311 e. The van der Waals surface area contributed by atoms with Gasteiger partial charge in [0.15, 0.2) is 0 Å². The van der Waals surface area contributed by atoms with E-state index in [-0.39, 0.29) is 22.5 Å². The first-order valence-electron chi connectivity index (χ1n) is 5.85. The Balaban J connectivity index is 2.02. The summed E-state index contributed by atoms with van der Waals surface area (Å²) in [6, 6.07) is 8.74. The van der Waals surface area contributed by atoms with Crippen LogP contribution in [-0.2, 0) is 6.42 Å². The fourth-order valence-electron chi connectivity index (χ4n) is 1.68. The topological polar surface area (TPSA) is 68.1 Å². The summed E-state index contributed by atoms with van der Waals surface area (Å²) in [6.45, 7) is 0.430. The number of rotatable bonds is 5. The van der Waals surface area contributed by atoms with Crippen molar-refractivity contribution < 1.29 is 9.31 Å². The van der Waals surface area contributed by atoms with Gasteiger partial charge in [-0.2, -0.15) is 0 Å². The molecule has 0 atom stereocenters. The van der Waals surface area contributed by atoms with E-state index in [1.165, 1.54) is 24.3 Å². The van der Waals surface area contributed by atoms with Crippen molar-refractivity contribution in [3.05, 3.63) is 63.0 Å². The maximum absolute atomic E-state index is 12.7. The lowest BCUT2D eigenvalue weighted by molar-refractivity contribution is -0.384. The van der Waals surface area contributed by atoms with Crippen molar-refractivity contribution in [1.29, 1.82) is 0 Å². The minimum absolute atomic E-state index is 0.129. The van der Waals surface area contributed by atoms with Gasteiger partial charge in [0.05, 0.1) is 4.92 Å². The molecule has 1 N–H and O–H groups in total. The number of aromatic nitrogens is 1. The Hall–Kier alpha value is -2.21. The van der Waals surface area contributed by atoms with Crippen molar-refractivity contribution in [3.8, 4) is 0 Å². The first kappa shape index (κ1) is 14.2. The first-order chi connectivity index (χ1) is 9.56. The molecule has 0 saturated carbocycles. The van der Waals surface area contributed by atoms with Gasteiger partial charge in [0, 0.05) is 12.6 Å². The molecule has 2 rings (SSSR count). The average molecular weight is 296 g/mol. The highest BCUT2D eigenvalue weighted by molar-refractivity contribution is 6.29. The molecule has 0 aliphatic rings. The van der Waals surface area contributed by atoms with Gasteiger partial charge in [-0.15, -0.1) is 0 Å². The molecule has 0 bridgehead atoms. The summed E-state index contributed by atoms with van der Waals surface area (Å²) in [5, 5.41) is 13.9. The van der Waals surface area contributed by atoms with Crippen LogP contribution in [0.3, 0.4) is 0 Å². The third kappa shape index (κ3) is 3.64. The van der Waals surface area contributed by atoms with Crippen molar-refractivity contribution in [2.45, 2.75) is 6.42 Å². The fourth-order valence-corrected chi connectivity index (χ4v) is 1.83. The highest BCUT2D eigenvalue weighted by atomic mass is 35.5. The molecule has 7 heteroatoms. The SMILES string of the molecule is O=[N+]([O-])c1ccc(Cl)nc1NCCc1ccc(F)cc1. The molecule has 1 aromatic carbocycles. The zero-order valence-electron chi connectivity index (χ0n) is 10.3. The Kier molecular flexibility index (Phi) is 4.47. The first-order valence-corrected chi connectivity index (χ1v) is 6.23. The summed E-state index contributed by atoms with van der Waals surface area (Å²) in [5.41, 5.74) is 0.789. The van der Waals surface area contributed by atoms with Gasteiger partial charge in [-0.05, 0) is 30.2 Å². The zero-order chi connectivity index (χ0) is 14.5. The Morgan fingerprint density at radius 1 is 1.25 bits per heavy atom. The van der Waals surface area contributed by atoms with E-state index < -0.39 is 4.92 Å². The Morgan fingerprint density at radius 2 is 1.95 bits per heavy atom. The molecule has 104 valence electrons. The molecule has 0 radical (unpaired) electrons. The minimum atomic E-state index is -0.524. The summed E-state index contributed by atoms with van der Waals surface area (Å²) < 4.78 is 12.7. The van der Waals surface area contributed by atoms with Gasteiger partial charge in [0.2, 0.25) is 5.82 Å². The summed E-state index contributed by atoms with van der Waals surface area (Å²) in [7, 11) is 0. The third-order valence-electron chi connectivity index (χ3n) is 2.66. The molecule has 0 fully saturated rings. The van der Waals surface area contributed by atoms with Crippen molar-refractivity contribution in [3.63, 3.8) is 0 Å². The summed E-state index contributed by atoms with van der Waals surface area (Å²) in [4.78, 5) is 14.2. The highest BCUT2D eigenvalue weighted by Gasteiger charge is 2.15. The number of benzene rings is 1. The summed E-state index contributed by atoms with van der Waals surface area (Å²) in [5.74, 6) is -0.168. The number of nitro groups is 1. The van der Waals surface area contributed by atoms with Crippen LogP contribution in [-0.4, -0.2) is 16.5 Å². The van der Waals surface area contributed by atoms with Crippen LogP contribution in [0.25, 0.3) is 0 Å². The quantitative estimate of drug-likeness (QED) is 0.521. The fraction of sp³-hybridized carbons (Fsp3) is 0.154. The van der Waals surface area contributed by atoms with Gasteiger partial charge in [0.1, 0.15) is 11.0 Å². The van der Waals surface area contributed by atoms with Crippen molar-refractivity contribution >= 4 is 23.1 Å². The van der Waals surface area contributed by atoms with Crippen LogP contribution in [0.5, 0.6) is 0 Å². The lowest BCUT2D eigenvalue weighted by Gasteiger charge is -2.06. The van der Waals surface area contributed by atoms with E-state index in [1.54, 1.807) is 12.1 Å². The van der Waals surface area contributed by atoms with Crippen LogP contribution < -0.4 is 5.32 Å². The van der Waals surface area contributed by atoms with E-state index in [0.29, 0.717) is 13.0 Å². The highest BCUT2D eigenvalue weighted by Crippen LogP contribution is 2.23. The second-order valence-electron chi connectivity index (χ2n) is 4.06. The number of hydrogen-bond donors (Lipinski definition) is 1. The standard InChI is InChI=1S/C13H11ClFN3O2/c14-12-6-5-11(18(19)20)13(17-12)16-8-7-9-1-3-10(15)4-2-9/h1-6H,7-8H2,(H,16,17). The zero-order valence-corrected chi connectivity index (χ0v) is 11.1. The van der Waals surface area contributed by atoms with Crippen molar-refractivity contribution in [2.75, 3.05) is 11.9 Å². The van der Waals surface area contributed by atoms with Gasteiger partial charge in [-0.3, -0.25) is 10.1 Å². The van der Waals surface area contributed by atoms with E-state index in [1.807, 2.05) is 0 Å². The lowest BCUT2D eigenvalue weighted by Crippen LogP contribution is -2.08. The van der Waals surface area contributed by atoms with E-state index in [9.17, 15) is 14.5 Å². The van der Waals surface area contributed by atoms with Crippen LogP contribution in [0.2, 0.25) is 5.15 Å². The number of nitrogens with one attached hydrogen (secondary N) is 1. The predicted molar refractivity (Wildman–Crippen MR) is 74.5 cm³/mol. The Morgan fingerprint density at radius 3 is 2.60 bits per heavy atom. The number of nitrogens with zero attached hydrogens (tertiary/aromatic N) is 2. The number of hydrogen-bond acceptors (Lipinski definition) is 4. The van der Waals surface area contributed by atoms with Crippen molar-refractivity contribution in [1.82, 2.24) is 4.98 Å². The third-order valence-corrected chi connectivity index (χ3v) is 2.87. The average Bonchev–Trinajstić information content (AvgIpc) is 2.41. The maximum atomic E-state index is 12.7. The minimum Gasteiger partial charge on any atom is -0.364 e. The van der Waals surface area contributed by atoms with Crippen molar-refractivity contribution in [2.24, 2.45) is 0 Å². The van der Waals surface area contributed by atoms with Crippen LogP contribution in [0.1, 0.15) is 5.56 Å². The van der Waals surface area contributed by atoms with Gasteiger partial charge in [-0.1, -0.05) is 23.7 Å². The van der Waals surface area contributed by atoms with Crippen LogP contribution in [0, 0.1) is 15.9 Å². The molecular formula is C13H11ClFN3O2. The van der Waals surface area contributed by atoms with E-state index in [4.69, 9.17) is 11.6 Å². The van der Waals surface area contributed by atoms with Crippen LogP contribution in [0.15, 0.2) is 36.4 Å². The van der Waals surface area contributed by atoms with E-state index >= 15 is 0 Å². The Bertz CT molecular complexity index is 620. The molecule has 0 aliphatic heterocycles. The summed E-state index contributed by atoms with van der Waals surface area (Å²) in [6.07, 6.45) is 0.589. The Labute approximate surface area is 119 Å². The predicted octanol–water partition coefficient (Wildman–Crippen LogP) is 3.44. The molecular weight excluding hydrogens is 285 g/mol. The molecule has 0 aliphatic carbocycles. The number of anilines is 1.